The van der Waals surface area contributed by atoms with Gasteiger partial charge >= 0.3 is 0 Å². The first-order valence-corrected chi connectivity index (χ1v) is 11.7. The predicted octanol–water partition coefficient (Wildman–Crippen LogP) is 3.69. The number of nitrogens with one attached hydrogen (secondary N) is 1. The molecule has 0 spiro atoms. The molecule has 3 aromatic rings. The fraction of sp³-hybridized carbons (Fsp3) is 0.238. The lowest BCUT2D eigenvalue weighted by Crippen LogP contribution is -2.26. The van der Waals surface area contributed by atoms with E-state index in [0.717, 1.165) is 4.88 Å². The van der Waals surface area contributed by atoms with Gasteiger partial charge in [0, 0.05) is 18.1 Å². The summed E-state index contributed by atoms with van der Waals surface area (Å²) in [5.41, 5.74) is 0.462. The first-order chi connectivity index (χ1) is 14.8. The molecule has 164 valence electrons. The van der Waals surface area contributed by atoms with Crippen molar-refractivity contribution in [2.45, 2.75) is 18.7 Å². The van der Waals surface area contributed by atoms with Crippen molar-refractivity contribution in [1.82, 2.24) is 4.98 Å². The highest BCUT2D eigenvalue weighted by atomic mass is 32.2. The molecule has 31 heavy (non-hydrogen) atoms. The van der Waals surface area contributed by atoms with Gasteiger partial charge in [0.2, 0.25) is 0 Å². The third-order valence-corrected chi connectivity index (χ3v) is 6.86. The molecule has 0 radical (unpaired) electrons. The Hall–Kier alpha value is -3.11. The van der Waals surface area contributed by atoms with Crippen LogP contribution in [0, 0.1) is 6.92 Å². The number of aryl methyl sites for hydroxylation is 1. The van der Waals surface area contributed by atoms with Crippen LogP contribution in [0.25, 0.3) is 0 Å². The number of hydrogen-bond acceptors (Lipinski definition) is 7. The Kier molecular flexibility index (Phi) is 7.13. The maximum Gasteiger partial charge on any atom is 0.264 e. The van der Waals surface area contributed by atoms with Crippen molar-refractivity contribution in [1.29, 1.82) is 0 Å². The van der Waals surface area contributed by atoms with Crippen LogP contribution in [-0.2, 0) is 14.8 Å². The molecule has 1 aromatic heterocycles. The summed E-state index contributed by atoms with van der Waals surface area (Å²) in [6.45, 7) is 4.09. The lowest BCUT2D eigenvalue weighted by Gasteiger charge is -2.20. The molecular weight excluding hydrogens is 438 g/mol. The van der Waals surface area contributed by atoms with Crippen molar-refractivity contribution in [3.8, 4) is 11.5 Å². The third-order valence-electron chi connectivity index (χ3n) is 4.23. The topological polar surface area (TPSA) is 97.8 Å². The molecule has 1 N–H and O–H groups in total. The van der Waals surface area contributed by atoms with Gasteiger partial charge in [-0.15, -0.1) is 11.3 Å². The molecule has 0 aliphatic carbocycles. The number of carbonyl (C=O) groups is 1. The molecular formula is C21H23N3O5S2. The maximum absolute atomic E-state index is 12.9. The van der Waals surface area contributed by atoms with Crippen molar-refractivity contribution in [2.75, 3.05) is 29.9 Å². The van der Waals surface area contributed by atoms with E-state index < -0.39 is 10.0 Å². The Morgan fingerprint density at radius 3 is 2.26 bits per heavy atom. The van der Waals surface area contributed by atoms with Gasteiger partial charge in [0.1, 0.15) is 11.5 Å². The van der Waals surface area contributed by atoms with E-state index in [1.807, 2.05) is 13.8 Å². The molecule has 0 saturated heterocycles. The summed E-state index contributed by atoms with van der Waals surface area (Å²) in [5.74, 6) is 0.731. The molecule has 0 fully saturated rings. The summed E-state index contributed by atoms with van der Waals surface area (Å²) >= 11 is 1.38. The Morgan fingerprint density at radius 2 is 1.68 bits per heavy atom. The standard InChI is InChI=1S/C21H23N3O5S2/c1-4-28-17-9-11-19(12-10-17)31(26,27)24(3)16-5-7-18(8-6-16)29-14-20(25)23-21-22-13-15(2)30-21/h5-13H,4,14H2,1-3H3,(H,22,23,25). The minimum atomic E-state index is -3.73. The SMILES string of the molecule is CCOc1ccc(S(=O)(=O)N(C)c2ccc(OCC(=O)Nc3ncc(C)s3)cc2)cc1. The van der Waals surface area contributed by atoms with Crippen molar-refractivity contribution in [3.05, 3.63) is 59.6 Å². The van der Waals surface area contributed by atoms with Crippen LogP contribution in [0.5, 0.6) is 11.5 Å². The summed E-state index contributed by atoms with van der Waals surface area (Å²) in [5, 5.41) is 3.18. The highest BCUT2D eigenvalue weighted by Crippen LogP contribution is 2.25. The number of anilines is 2. The third kappa shape index (κ3) is 5.74. The smallest absolute Gasteiger partial charge is 0.264 e. The van der Waals surface area contributed by atoms with Gasteiger partial charge < -0.3 is 9.47 Å². The molecule has 0 atom stereocenters. The summed E-state index contributed by atoms with van der Waals surface area (Å²) in [6.07, 6.45) is 1.68. The summed E-state index contributed by atoms with van der Waals surface area (Å²) < 4.78 is 37.8. The lowest BCUT2D eigenvalue weighted by molar-refractivity contribution is -0.118. The highest BCUT2D eigenvalue weighted by Gasteiger charge is 2.21. The Morgan fingerprint density at radius 1 is 1.06 bits per heavy atom. The number of thiazole rings is 1. The molecule has 0 aliphatic rings. The van der Waals surface area contributed by atoms with Crippen LogP contribution in [-0.4, -0.2) is 39.6 Å². The van der Waals surface area contributed by atoms with Gasteiger partial charge in [0.25, 0.3) is 15.9 Å². The van der Waals surface area contributed by atoms with Gasteiger partial charge in [0.15, 0.2) is 11.7 Å². The molecule has 1 amide bonds. The first kappa shape index (κ1) is 22.6. The molecule has 8 nitrogen and oxygen atoms in total. The molecule has 3 rings (SSSR count). The van der Waals surface area contributed by atoms with Crippen LogP contribution in [0.4, 0.5) is 10.8 Å². The van der Waals surface area contributed by atoms with Gasteiger partial charge in [-0.05, 0) is 62.4 Å². The van der Waals surface area contributed by atoms with Crippen LogP contribution in [0.3, 0.4) is 0 Å². The normalized spacial score (nSPS) is 11.1. The predicted molar refractivity (Wildman–Crippen MR) is 121 cm³/mol. The van der Waals surface area contributed by atoms with Gasteiger partial charge in [-0.1, -0.05) is 0 Å². The Balaban J connectivity index is 1.61. The van der Waals surface area contributed by atoms with E-state index in [9.17, 15) is 13.2 Å². The molecule has 10 heteroatoms. The molecule has 0 unspecified atom stereocenters. The maximum atomic E-state index is 12.9. The van der Waals surface area contributed by atoms with E-state index in [4.69, 9.17) is 9.47 Å². The molecule has 0 aliphatic heterocycles. The number of hydrogen-bond donors (Lipinski definition) is 1. The largest absolute Gasteiger partial charge is 0.494 e. The lowest BCUT2D eigenvalue weighted by atomic mass is 10.3. The number of aromatic nitrogens is 1. The van der Waals surface area contributed by atoms with Crippen LogP contribution in [0.1, 0.15) is 11.8 Å². The van der Waals surface area contributed by atoms with E-state index in [0.29, 0.717) is 28.9 Å². The monoisotopic (exact) mass is 461 g/mol. The minimum Gasteiger partial charge on any atom is -0.494 e. The van der Waals surface area contributed by atoms with E-state index in [1.54, 1.807) is 42.6 Å². The van der Waals surface area contributed by atoms with E-state index >= 15 is 0 Å². The van der Waals surface area contributed by atoms with Crippen molar-refractivity contribution in [2.24, 2.45) is 0 Å². The zero-order valence-corrected chi connectivity index (χ0v) is 19.0. The first-order valence-electron chi connectivity index (χ1n) is 9.46. The number of sulfonamides is 1. The van der Waals surface area contributed by atoms with Gasteiger partial charge in [-0.3, -0.25) is 14.4 Å². The number of amides is 1. The number of benzene rings is 2. The van der Waals surface area contributed by atoms with Crippen LogP contribution < -0.4 is 19.1 Å². The molecule has 0 saturated carbocycles. The zero-order chi connectivity index (χ0) is 22.4. The van der Waals surface area contributed by atoms with Crippen molar-refractivity contribution in [3.63, 3.8) is 0 Å². The van der Waals surface area contributed by atoms with Crippen LogP contribution in [0.2, 0.25) is 0 Å². The minimum absolute atomic E-state index is 0.160. The number of ether oxygens (including phenoxy) is 2. The van der Waals surface area contributed by atoms with Gasteiger partial charge in [-0.2, -0.15) is 0 Å². The highest BCUT2D eigenvalue weighted by molar-refractivity contribution is 7.92. The quantitative estimate of drug-likeness (QED) is 0.522. The summed E-state index contributed by atoms with van der Waals surface area (Å²) in [4.78, 5) is 17.2. The second-order valence-electron chi connectivity index (χ2n) is 6.48. The summed E-state index contributed by atoms with van der Waals surface area (Å²) in [7, 11) is -2.25. The number of carbonyl (C=O) groups excluding carboxylic acids is 1. The van der Waals surface area contributed by atoms with E-state index in [-0.39, 0.29) is 17.4 Å². The van der Waals surface area contributed by atoms with Crippen LogP contribution in [0.15, 0.2) is 59.6 Å². The van der Waals surface area contributed by atoms with Gasteiger partial charge in [0.05, 0.1) is 17.2 Å². The van der Waals surface area contributed by atoms with Crippen molar-refractivity contribution >= 4 is 38.1 Å². The van der Waals surface area contributed by atoms with Crippen LogP contribution >= 0.6 is 11.3 Å². The molecule has 1 heterocycles. The summed E-state index contributed by atoms with van der Waals surface area (Å²) in [6, 6.07) is 12.7. The fourth-order valence-corrected chi connectivity index (χ4v) is 4.52. The number of nitrogens with zero attached hydrogens (tertiary/aromatic N) is 2. The molecule has 2 aromatic carbocycles. The van der Waals surface area contributed by atoms with Crippen molar-refractivity contribution < 1.29 is 22.7 Å². The van der Waals surface area contributed by atoms with E-state index in [2.05, 4.69) is 10.3 Å². The second kappa shape index (κ2) is 9.80. The zero-order valence-electron chi connectivity index (χ0n) is 17.4. The average molecular weight is 462 g/mol. The van der Waals surface area contributed by atoms with E-state index in [1.165, 1.54) is 34.8 Å². The number of rotatable bonds is 9. The molecule has 0 bridgehead atoms. The fourth-order valence-electron chi connectivity index (χ4n) is 2.64. The average Bonchev–Trinajstić information content (AvgIpc) is 3.17. The Labute approximate surface area is 185 Å². The van der Waals surface area contributed by atoms with Gasteiger partial charge in [-0.25, -0.2) is 13.4 Å². The second-order valence-corrected chi connectivity index (χ2v) is 9.69. The Bertz CT molecular complexity index is 1130.